The summed E-state index contributed by atoms with van der Waals surface area (Å²) in [5.74, 6) is -1.24. The molecule has 0 saturated heterocycles. The van der Waals surface area contributed by atoms with Crippen LogP contribution >= 0.6 is 11.3 Å². The minimum absolute atomic E-state index is 0.0706. The largest absolute Gasteiger partial charge is 0.465 e. The number of unbranched alkanes of at least 4 members (excludes halogenated alkanes) is 2. The molecule has 0 aliphatic heterocycles. The summed E-state index contributed by atoms with van der Waals surface area (Å²) in [6, 6.07) is 0. The van der Waals surface area contributed by atoms with Crippen LogP contribution in [0.5, 0.6) is 0 Å². The van der Waals surface area contributed by atoms with E-state index in [0.717, 1.165) is 37.2 Å². The van der Waals surface area contributed by atoms with Gasteiger partial charge in [0.05, 0.1) is 18.4 Å². The fraction of sp³-hybridized carbons (Fsp3) is 0.538. The number of amides is 1. The molecule has 21 heavy (non-hydrogen) atoms. The summed E-state index contributed by atoms with van der Waals surface area (Å²) >= 11 is 1.08. The van der Waals surface area contributed by atoms with Crippen molar-refractivity contribution < 1.29 is 19.1 Å². The topological polar surface area (TPSA) is 117 Å². The molecule has 0 bridgehead atoms. The lowest BCUT2D eigenvalue weighted by Crippen LogP contribution is -2.15. The molecule has 0 aliphatic rings. The van der Waals surface area contributed by atoms with Crippen molar-refractivity contribution in [1.29, 1.82) is 0 Å². The molecule has 0 unspecified atom stereocenters. The maximum atomic E-state index is 11.6. The van der Waals surface area contributed by atoms with Crippen LogP contribution in [0.25, 0.3) is 0 Å². The second-order valence-electron chi connectivity index (χ2n) is 4.39. The number of hydrogen-bond acceptors (Lipinski definition) is 7. The van der Waals surface area contributed by atoms with E-state index in [1.807, 2.05) is 0 Å². The zero-order chi connectivity index (χ0) is 15.8. The zero-order valence-electron chi connectivity index (χ0n) is 12.2. The molecule has 1 rings (SSSR count). The van der Waals surface area contributed by atoms with Gasteiger partial charge in [-0.05, 0) is 19.3 Å². The van der Waals surface area contributed by atoms with Gasteiger partial charge in [-0.2, -0.15) is 0 Å². The number of nitrogens with two attached hydrogens (primary N) is 2. The van der Waals surface area contributed by atoms with Crippen LogP contribution in [0.3, 0.4) is 0 Å². The van der Waals surface area contributed by atoms with Crippen molar-refractivity contribution in [3.8, 4) is 0 Å². The fourth-order valence-corrected chi connectivity index (χ4v) is 2.88. The molecule has 8 heteroatoms. The van der Waals surface area contributed by atoms with Crippen LogP contribution in [0, 0.1) is 0 Å². The molecule has 5 N–H and O–H groups in total. The molecular formula is C13H21N3O4S. The summed E-state index contributed by atoms with van der Waals surface area (Å²) in [5, 5.41) is 3.61. The van der Waals surface area contributed by atoms with Crippen LogP contribution in [0.4, 0.5) is 10.7 Å². The minimum atomic E-state index is -0.666. The molecule has 0 aliphatic carbocycles. The summed E-state index contributed by atoms with van der Waals surface area (Å²) in [6.07, 6.45) is 2.88. The molecule has 1 aromatic rings. The smallest absolute Gasteiger partial charge is 0.350 e. The molecule has 7 nitrogen and oxygen atoms in total. The van der Waals surface area contributed by atoms with Gasteiger partial charge in [-0.1, -0.05) is 0 Å². The monoisotopic (exact) mass is 315 g/mol. The van der Waals surface area contributed by atoms with Gasteiger partial charge in [0.2, 0.25) is 0 Å². The Morgan fingerprint density at radius 1 is 1.24 bits per heavy atom. The molecule has 118 valence electrons. The number of rotatable bonds is 9. The number of esters is 1. The number of nitrogen functional groups attached to an aromatic ring is 1. The number of anilines is 2. The van der Waals surface area contributed by atoms with Crippen molar-refractivity contribution in [3.05, 3.63) is 10.4 Å². The van der Waals surface area contributed by atoms with Crippen molar-refractivity contribution in [1.82, 2.24) is 0 Å². The lowest BCUT2D eigenvalue weighted by atomic mass is 10.2. The predicted octanol–water partition coefficient (Wildman–Crippen LogP) is 1.44. The van der Waals surface area contributed by atoms with Gasteiger partial charge < -0.3 is 26.3 Å². The molecule has 1 amide bonds. The summed E-state index contributed by atoms with van der Waals surface area (Å²) in [7, 11) is 2.93. The van der Waals surface area contributed by atoms with E-state index in [1.54, 1.807) is 7.11 Å². The Hall–Kier alpha value is -1.80. The van der Waals surface area contributed by atoms with E-state index in [4.69, 9.17) is 16.2 Å². The van der Waals surface area contributed by atoms with E-state index in [0.29, 0.717) is 11.5 Å². The highest BCUT2D eigenvalue weighted by Gasteiger charge is 2.24. The van der Waals surface area contributed by atoms with Gasteiger partial charge in [-0.3, -0.25) is 4.79 Å². The normalized spacial score (nSPS) is 10.4. The molecule has 0 fully saturated rings. The fourth-order valence-electron chi connectivity index (χ4n) is 1.81. The summed E-state index contributed by atoms with van der Waals surface area (Å²) < 4.78 is 9.60. The van der Waals surface area contributed by atoms with E-state index in [-0.39, 0.29) is 16.1 Å². The van der Waals surface area contributed by atoms with Gasteiger partial charge in [0.25, 0.3) is 5.91 Å². The van der Waals surface area contributed by atoms with Gasteiger partial charge >= 0.3 is 5.97 Å². The Morgan fingerprint density at radius 3 is 2.52 bits per heavy atom. The molecule has 0 radical (unpaired) electrons. The van der Waals surface area contributed by atoms with E-state index >= 15 is 0 Å². The van der Waals surface area contributed by atoms with Crippen LogP contribution in [-0.4, -0.2) is 39.2 Å². The van der Waals surface area contributed by atoms with Crippen LogP contribution in [0.1, 0.15) is 39.3 Å². The summed E-state index contributed by atoms with van der Waals surface area (Å²) in [4.78, 5) is 23.3. The number of carbonyl (C=O) groups is 2. The number of nitrogens with one attached hydrogen (secondary N) is 1. The SMILES string of the molecule is COCCCCCNc1sc(C(=O)OC)c(N)c1C(N)=O. The Bertz CT molecular complexity index is 502. The maximum absolute atomic E-state index is 11.6. The van der Waals surface area contributed by atoms with Gasteiger partial charge in [0, 0.05) is 20.3 Å². The highest BCUT2D eigenvalue weighted by molar-refractivity contribution is 7.19. The number of methoxy groups -OCH3 is 2. The zero-order valence-corrected chi connectivity index (χ0v) is 13.0. The minimum Gasteiger partial charge on any atom is -0.465 e. The van der Waals surface area contributed by atoms with Crippen LogP contribution in [0.2, 0.25) is 0 Å². The van der Waals surface area contributed by atoms with Crippen LogP contribution < -0.4 is 16.8 Å². The highest BCUT2D eigenvalue weighted by Crippen LogP contribution is 2.35. The molecule has 1 aromatic heterocycles. The first-order valence-electron chi connectivity index (χ1n) is 6.56. The number of hydrogen-bond donors (Lipinski definition) is 3. The number of thiophene rings is 1. The van der Waals surface area contributed by atoms with Crippen molar-refractivity contribution in [2.45, 2.75) is 19.3 Å². The lowest BCUT2D eigenvalue weighted by Gasteiger charge is -2.05. The van der Waals surface area contributed by atoms with E-state index in [2.05, 4.69) is 10.1 Å². The number of carbonyl (C=O) groups excluding carboxylic acids is 2. The van der Waals surface area contributed by atoms with Crippen molar-refractivity contribution >= 4 is 33.9 Å². The number of primary amides is 1. The summed E-state index contributed by atoms with van der Waals surface area (Å²) in [5.41, 5.74) is 11.3. The molecule has 0 atom stereocenters. The standard InChI is InChI=1S/C13H21N3O4S/c1-19-7-5-3-4-6-16-12-8(11(15)17)9(14)10(21-12)13(18)20-2/h16H,3-7,14H2,1-2H3,(H2,15,17). The lowest BCUT2D eigenvalue weighted by molar-refractivity contribution is 0.0607. The Morgan fingerprint density at radius 2 is 1.95 bits per heavy atom. The first-order chi connectivity index (χ1) is 10.0. The van der Waals surface area contributed by atoms with E-state index < -0.39 is 11.9 Å². The Balaban J connectivity index is 2.72. The first kappa shape index (κ1) is 17.3. The van der Waals surface area contributed by atoms with Gasteiger partial charge in [0.15, 0.2) is 0 Å². The van der Waals surface area contributed by atoms with E-state index in [1.165, 1.54) is 7.11 Å². The van der Waals surface area contributed by atoms with Crippen LogP contribution in [0.15, 0.2) is 0 Å². The van der Waals surface area contributed by atoms with Crippen molar-refractivity contribution in [2.24, 2.45) is 5.73 Å². The van der Waals surface area contributed by atoms with Gasteiger partial charge in [-0.15, -0.1) is 11.3 Å². The van der Waals surface area contributed by atoms with Gasteiger partial charge in [-0.25, -0.2) is 4.79 Å². The Labute approximate surface area is 127 Å². The second-order valence-corrected chi connectivity index (χ2v) is 5.41. The van der Waals surface area contributed by atoms with E-state index in [9.17, 15) is 9.59 Å². The first-order valence-corrected chi connectivity index (χ1v) is 7.37. The predicted molar refractivity (Wildman–Crippen MR) is 82.8 cm³/mol. The second kappa shape index (κ2) is 8.48. The molecular weight excluding hydrogens is 294 g/mol. The Kier molecular flexibility index (Phi) is 6.97. The maximum Gasteiger partial charge on any atom is 0.350 e. The molecule has 1 heterocycles. The third kappa shape index (κ3) is 4.61. The third-order valence-electron chi connectivity index (χ3n) is 2.87. The quantitative estimate of drug-likeness (QED) is 0.469. The van der Waals surface area contributed by atoms with Crippen molar-refractivity contribution in [3.63, 3.8) is 0 Å². The average molecular weight is 315 g/mol. The summed E-state index contributed by atoms with van der Waals surface area (Å²) in [6.45, 7) is 1.38. The number of ether oxygens (including phenoxy) is 2. The van der Waals surface area contributed by atoms with Gasteiger partial charge in [0.1, 0.15) is 9.88 Å². The molecule has 0 aromatic carbocycles. The molecule has 0 saturated carbocycles. The highest BCUT2D eigenvalue weighted by atomic mass is 32.1. The van der Waals surface area contributed by atoms with Crippen LogP contribution in [-0.2, 0) is 9.47 Å². The third-order valence-corrected chi connectivity index (χ3v) is 4.02. The molecule has 0 spiro atoms. The average Bonchev–Trinajstić information content (AvgIpc) is 2.78. The van der Waals surface area contributed by atoms with Crippen molar-refractivity contribution in [2.75, 3.05) is 38.4 Å².